The molecule has 1 amide bonds. The highest BCUT2D eigenvalue weighted by Gasteiger charge is 2.21. The number of carbonyl (C=O) groups is 1. The maximum absolute atomic E-state index is 12.5. The van der Waals surface area contributed by atoms with Crippen molar-refractivity contribution < 1.29 is 13.2 Å². The molecule has 0 aliphatic carbocycles. The molecule has 1 N–H and O–H groups in total. The Morgan fingerprint density at radius 1 is 1.14 bits per heavy atom. The van der Waals surface area contributed by atoms with Crippen molar-refractivity contribution >= 4 is 38.9 Å². The lowest BCUT2D eigenvalue weighted by Crippen LogP contribution is -2.27. The minimum atomic E-state index is -3.60. The zero-order chi connectivity index (χ0) is 20.3. The van der Waals surface area contributed by atoms with Gasteiger partial charge in [0.15, 0.2) is 0 Å². The molecule has 0 saturated carbocycles. The van der Waals surface area contributed by atoms with Crippen LogP contribution in [0.25, 0.3) is 10.6 Å². The Bertz CT molecular complexity index is 1090. The Morgan fingerprint density at radius 2 is 1.82 bits per heavy atom. The number of hydrogen-bond donors (Lipinski definition) is 1. The quantitative estimate of drug-likeness (QED) is 0.641. The number of rotatable bonds is 6. The number of carbonyl (C=O) groups excluding carboxylic acids is 1. The van der Waals surface area contributed by atoms with Crippen LogP contribution in [0.2, 0.25) is 5.02 Å². The minimum absolute atomic E-state index is 0.0792. The number of nitrogens with zero attached hydrogens (tertiary/aromatic N) is 2. The topological polar surface area (TPSA) is 79.4 Å². The number of benzene rings is 2. The first-order chi connectivity index (χ1) is 13.3. The van der Waals surface area contributed by atoms with Gasteiger partial charge in [-0.1, -0.05) is 41.9 Å². The second-order valence-corrected chi connectivity index (χ2v) is 9.54. The molecular weight excluding hydrogens is 418 g/mol. The fourth-order valence-corrected chi connectivity index (χ4v) is 4.52. The summed E-state index contributed by atoms with van der Waals surface area (Å²) < 4.78 is 26.0. The lowest BCUT2D eigenvalue weighted by molar-refractivity contribution is 0.0946. The predicted octanol–water partition coefficient (Wildman–Crippen LogP) is 3.64. The van der Waals surface area contributed by atoms with E-state index >= 15 is 0 Å². The maximum atomic E-state index is 12.5. The first-order valence-electron chi connectivity index (χ1n) is 8.29. The molecule has 0 fully saturated rings. The predicted molar refractivity (Wildman–Crippen MR) is 111 cm³/mol. The number of hydrogen-bond acceptors (Lipinski definition) is 5. The fraction of sp³-hybridized carbons (Fsp3) is 0.158. The summed E-state index contributed by atoms with van der Waals surface area (Å²) in [6, 6.07) is 13.8. The number of halogens is 1. The zero-order valence-electron chi connectivity index (χ0n) is 15.2. The van der Waals surface area contributed by atoms with Crippen LogP contribution in [0.15, 0.2) is 58.8 Å². The van der Waals surface area contributed by atoms with Gasteiger partial charge >= 0.3 is 0 Å². The van der Waals surface area contributed by atoms with Crippen LogP contribution in [0.1, 0.15) is 16.1 Å². The molecule has 0 spiro atoms. The average molecular weight is 436 g/mol. The van der Waals surface area contributed by atoms with Gasteiger partial charge in [0.25, 0.3) is 5.91 Å². The second-order valence-electron chi connectivity index (χ2n) is 6.12. The third-order valence-electron chi connectivity index (χ3n) is 4.00. The summed E-state index contributed by atoms with van der Waals surface area (Å²) in [5.74, 6) is -0.367. The van der Waals surface area contributed by atoms with E-state index in [9.17, 15) is 13.2 Å². The first-order valence-corrected chi connectivity index (χ1v) is 11.0. The van der Waals surface area contributed by atoms with Crippen LogP contribution >= 0.6 is 22.9 Å². The van der Waals surface area contributed by atoms with Crippen LogP contribution in [0.5, 0.6) is 0 Å². The molecule has 28 heavy (non-hydrogen) atoms. The third kappa shape index (κ3) is 4.41. The van der Waals surface area contributed by atoms with Crippen molar-refractivity contribution in [3.05, 3.63) is 70.2 Å². The van der Waals surface area contributed by atoms with E-state index in [-0.39, 0.29) is 23.0 Å². The Morgan fingerprint density at radius 3 is 2.50 bits per heavy atom. The Labute approximate surface area is 172 Å². The molecular formula is C19H18ClN3O3S2. The van der Waals surface area contributed by atoms with Crippen molar-refractivity contribution in [2.75, 3.05) is 14.1 Å². The minimum Gasteiger partial charge on any atom is -0.347 e. The van der Waals surface area contributed by atoms with E-state index in [2.05, 4.69) is 10.3 Å². The summed E-state index contributed by atoms with van der Waals surface area (Å²) in [6.07, 6.45) is 0. The van der Waals surface area contributed by atoms with Gasteiger partial charge in [-0.15, -0.1) is 11.3 Å². The molecule has 2 aromatic carbocycles. The van der Waals surface area contributed by atoms with Crippen molar-refractivity contribution in [3.8, 4) is 10.6 Å². The molecule has 0 saturated heterocycles. The number of thiazole rings is 1. The summed E-state index contributed by atoms with van der Waals surface area (Å²) >= 11 is 7.24. The second kappa shape index (κ2) is 8.40. The van der Waals surface area contributed by atoms with Gasteiger partial charge < -0.3 is 5.32 Å². The van der Waals surface area contributed by atoms with Gasteiger partial charge in [-0.25, -0.2) is 17.7 Å². The van der Waals surface area contributed by atoms with Crippen molar-refractivity contribution in [1.29, 1.82) is 0 Å². The molecule has 3 aromatic rings. The number of sulfonamides is 1. The van der Waals surface area contributed by atoms with Gasteiger partial charge in [0, 0.05) is 36.6 Å². The Kier molecular flexibility index (Phi) is 6.14. The molecule has 1 heterocycles. The molecule has 0 unspecified atom stereocenters. The zero-order valence-corrected chi connectivity index (χ0v) is 17.6. The van der Waals surface area contributed by atoms with Crippen LogP contribution in [0.4, 0.5) is 0 Å². The van der Waals surface area contributed by atoms with Crippen molar-refractivity contribution in [2.24, 2.45) is 0 Å². The molecule has 0 aliphatic rings. The third-order valence-corrected chi connectivity index (χ3v) is 7.06. The summed E-state index contributed by atoms with van der Waals surface area (Å²) in [4.78, 5) is 17.0. The summed E-state index contributed by atoms with van der Waals surface area (Å²) in [7, 11) is -0.657. The normalized spacial score (nSPS) is 11.6. The highest BCUT2D eigenvalue weighted by atomic mass is 35.5. The molecule has 6 nitrogen and oxygen atoms in total. The largest absolute Gasteiger partial charge is 0.347 e. The molecule has 9 heteroatoms. The van der Waals surface area contributed by atoms with E-state index in [0.717, 1.165) is 9.87 Å². The van der Waals surface area contributed by atoms with Gasteiger partial charge in [-0.05, 0) is 23.8 Å². The first kappa shape index (κ1) is 20.5. The summed E-state index contributed by atoms with van der Waals surface area (Å²) in [6.45, 7) is 0.0792. The highest BCUT2D eigenvalue weighted by Crippen LogP contribution is 2.25. The lowest BCUT2D eigenvalue weighted by Gasteiger charge is -2.15. The van der Waals surface area contributed by atoms with Crippen molar-refractivity contribution in [2.45, 2.75) is 11.4 Å². The summed E-state index contributed by atoms with van der Waals surface area (Å²) in [5.41, 5.74) is 1.66. The van der Waals surface area contributed by atoms with Crippen LogP contribution in [0.3, 0.4) is 0 Å². The van der Waals surface area contributed by atoms with Gasteiger partial charge in [0.2, 0.25) is 10.0 Å². The molecule has 0 aliphatic heterocycles. The van der Waals surface area contributed by atoms with E-state index < -0.39 is 10.0 Å². The van der Waals surface area contributed by atoms with Gasteiger partial charge in [0.1, 0.15) is 10.7 Å². The molecule has 146 valence electrons. The molecule has 3 rings (SSSR count). The molecule has 0 bridgehead atoms. The highest BCUT2D eigenvalue weighted by molar-refractivity contribution is 7.89. The van der Waals surface area contributed by atoms with Crippen LogP contribution in [0, 0.1) is 0 Å². The van der Waals surface area contributed by atoms with E-state index in [4.69, 9.17) is 11.6 Å². The molecule has 0 atom stereocenters. The van der Waals surface area contributed by atoms with Crippen LogP contribution in [-0.2, 0) is 16.6 Å². The Balaban J connectivity index is 1.75. The Hall–Kier alpha value is -2.26. The van der Waals surface area contributed by atoms with E-state index in [1.807, 2.05) is 12.1 Å². The average Bonchev–Trinajstić information content (AvgIpc) is 3.17. The smallest absolute Gasteiger partial charge is 0.271 e. The number of amides is 1. The van der Waals surface area contributed by atoms with Gasteiger partial charge in [-0.3, -0.25) is 4.79 Å². The molecule has 1 aromatic heterocycles. The number of nitrogens with one attached hydrogen (secondary N) is 1. The lowest BCUT2D eigenvalue weighted by atomic mass is 10.2. The molecule has 0 radical (unpaired) electrons. The van der Waals surface area contributed by atoms with Crippen molar-refractivity contribution in [1.82, 2.24) is 14.6 Å². The van der Waals surface area contributed by atoms with Crippen LogP contribution < -0.4 is 5.32 Å². The standard InChI is InChI=1S/C19H18ClN3O3S2/c1-23(2)28(25,26)17-6-4-3-5-14(17)11-21-18(24)16-12-27-19(22-16)13-7-9-15(20)10-8-13/h3-10,12H,11H2,1-2H3,(H,21,24). The van der Waals surface area contributed by atoms with Gasteiger partial charge in [0.05, 0.1) is 4.90 Å². The monoisotopic (exact) mass is 435 g/mol. The number of aromatic nitrogens is 1. The fourth-order valence-electron chi connectivity index (χ4n) is 2.47. The van der Waals surface area contributed by atoms with Crippen molar-refractivity contribution in [3.63, 3.8) is 0 Å². The summed E-state index contributed by atoms with van der Waals surface area (Å²) in [5, 5.41) is 5.75. The van der Waals surface area contributed by atoms with Crippen LogP contribution in [-0.4, -0.2) is 37.7 Å². The van der Waals surface area contributed by atoms with E-state index in [0.29, 0.717) is 15.6 Å². The van der Waals surface area contributed by atoms with E-state index in [1.165, 1.54) is 31.5 Å². The SMILES string of the molecule is CN(C)S(=O)(=O)c1ccccc1CNC(=O)c1csc(-c2ccc(Cl)cc2)n1. The van der Waals surface area contributed by atoms with E-state index in [1.54, 1.807) is 35.7 Å². The maximum Gasteiger partial charge on any atom is 0.271 e. The van der Waals surface area contributed by atoms with Gasteiger partial charge in [-0.2, -0.15) is 0 Å².